The molecule has 5 nitrogen and oxygen atoms in total. The van der Waals surface area contributed by atoms with Crippen LogP contribution in [0.25, 0.3) is 0 Å². The second-order valence-corrected chi connectivity index (χ2v) is 2.85. The van der Waals surface area contributed by atoms with Crippen molar-refractivity contribution in [2.45, 2.75) is 19.4 Å². The minimum atomic E-state index is -0.0119. The maximum atomic E-state index is 8.96. The molecule has 0 spiro atoms. The van der Waals surface area contributed by atoms with E-state index in [-0.39, 0.29) is 12.6 Å². The van der Waals surface area contributed by atoms with Crippen molar-refractivity contribution in [2.24, 2.45) is 0 Å². The van der Waals surface area contributed by atoms with Crippen LogP contribution in [0.4, 0.5) is 5.95 Å². The molecule has 1 heterocycles. The number of aliphatic hydroxyl groups excluding tert-OH is 1. The molecule has 0 aromatic carbocycles. The number of ether oxygens (including phenoxy) is 1. The van der Waals surface area contributed by atoms with Gasteiger partial charge in [-0.15, -0.1) is 0 Å². The molecule has 0 fully saturated rings. The highest BCUT2D eigenvalue weighted by Gasteiger charge is 2.06. The lowest BCUT2D eigenvalue weighted by molar-refractivity contribution is 0.271. The Bertz CT molecular complexity index is 277. The first-order valence-corrected chi connectivity index (χ1v) is 4.54. The fraction of sp³-hybridized carbons (Fsp3) is 0.556. The topological polar surface area (TPSA) is 67.3 Å². The number of methoxy groups -OCH3 is 1. The third-order valence-electron chi connectivity index (χ3n) is 1.89. The minimum absolute atomic E-state index is 0.0119. The molecule has 0 radical (unpaired) electrons. The number of aliphatic hydroxyl groups is 1. The fourth-order valence-electron chi connectivity index (χ4n) is 0.985. The molecule has 0 aliphatic heterocycles. The Morgan fingerprint density at radius 3 is 3.00 bits per heavy atom. The molecule has 14 heavy (non-hydrogen) atoms. The van der Waals surface area contributed by atoms with Gasteiger partial charge < -0.3 is 15.2 Å². The predicted octanol–water partition coefficient (Wildman–Crippen LogP) is 0.668. The fourth-order valence-corrected chi connectivity index (χ4v) is 0.985. The first kappa shape index (κ1) is 10.7. The van der Waals surface area contributed by atoms with Crippen molar-refractivity contribution in [1.82, 2.24) is 9.97 Å². The van der Waals surface area contributed by atoms with E-state index in [2.05, 4.69) is 15.3 Å². The van der Waals surface area contributed by atoms with E-state index in [0.717, 1.165) is 6.42 Å². The molecular formula is C9H15N3O2. The summed E-state index contributed by atoms with van der Waals surface area (Å²) in [5.74, 6) is 0.987. The summed E-state index contributed by atoms with van der Waals surface area (Å²) >= 11 is 0. The van der Waals surface area contributed by atoms with E-state index in [1.54, 1.807) is 19.4 Å². The molecule has 0 aliphatic carbocycles. The van der Waals surface area contributed by atoms with Crippen LogP contribution in [0.5, 0.6) is 5.88 Å². The molecular weight excluding hydrogens is 182 g/mol. The van der Waals surface area contributed by atoms with Crippen LogP contribution >= 0.6 is 0 Å². The van der Waals surface area contributed by atoms with Gasteiger partial charge in [-0.05, 0) is 6.42 Å². The first-order chi connectivity index (χ1) is 6.80. The Morgan fingerprint density at radius 1 is 1.64 bits per heavy atom. The van der Waals surface area contributed by atoms with Gasteiger partial charge in [0.2, 0.25) is 11.8 Å². The van der Waals surface area contributed by atoms with Gasteiger partial charge in [0, 0.05) is 12.3 Å². The number of hydrogen-bond donors (Lipinski definition) is 2. The summed E-state index contributed by atoms with van der Waals surface area (Å²) in [6, 6.07) is 1.66. The highest BCUT2D eigenvalue weighted by Crippen LogP contribution is 2.08. The van der Waals surface area contributed by atoms with Crippen molar-refractivity contribution in [1.29, 1.82) is 0 Å². The lowest BCUT2D eigenvalue weighted by atomic mass is 10.2. The maximum Gasteiger partial charge on any atom is 0.226 e. The summed E-state index contributed by atoms with van der Waals surface area (Å²) in [4.78, 5) is 8.08. The second-order valence-electron chi connectivity index (χ2n) is 2.85. The van der Waals surface area contributed by atoms with E-state index in [0.29, 0.717) is 11.8 Å². The van der Waals surface area contributed by atoms with Gasteiger partial charge in [0.05, 0.1) is 19.8 Å². The Labute approximate surface area is 83.2 Å². The SMILES string of the molecule is CCC(CO)Nc1nccc(OC)n1. The van der Waals surface area contributed by atoms with E-state index >= 15 is 0 Å². The van der Waals surface area contributed by atoms with Crippen molar-refractivity contribution >= 4 is 5.95 Å². The van der Waals surface area contributed by atoms with Gasteiger partial charge in [-0.1, -0.05) is 6.92 Å². The zero-order chi connectivity index (χ0) is 10.4. The third-order valence-corrected chi connectivity index (χ3v) is 1.89. The standard InChI is InChI=1S/C9H15N3O2/c1-3-7(6-13)11-9-10-5-4-8(12-9)14-2/h4-5,7,13H,3,6H2,1-2H3,(H,10,11,12). The lowest BCUT2D eigenvalue weighted by Crippen LogP contribution is -2.23. The number of aromatic nitrogens is 2. The average molecular weight is 197 g/mol. The van der Waals surface area contributed by atoms with Crippen molar-refractivity contribution in [3.8, 4) is 5.88 Å². The van der Waals surface area contributed by atoms with Crippen LogP contribution in [-0.4, -0.2) is 34.8 Å². The summed E-state index contributed by atoms with van der Waals surface area (Å²) in [6.45, 7) is 2.05. The lowest BCUT2D eigenvalue weighted by Gasteiger charge is -2.13. The first-order valence-electron chi connectivity index (χ1n) is 4.54. The average Bonchev–Trinajstić information content (AvgIpc) is 2.26. The molecule has 2 N–H and O–H groups in total. The Morgan fingerprint density at radius 2 is 2.43 bits per heavy atom. The van der Waals surface area contributed by atoms with Crippen molar-refractivity contribution in [3.05, 3.63) is 12.3 Å². The number of nitrogens with zero attached hydrogens (tertiary/aromatic N) is 2. The highest BCUT2D eigenvalue weighted by atomic mass is 16.5. The Kier molecular flexibility index (Phi) is 4.12. The van der Waals surface area contributed by atoms with Crippen LogP contribution in [0.1, 0.15) is 13.3 Å². The van der Waals surface area contributed by atoms with Crippen LogP contribution in [0.3, 0.4) is 0 Å². The van der Waals surface area contributed by atoms with Gasteiger partial charge in [-0.2, -0.15) is 4.98 Å². The molecule has 0 saturated heterocycles. The quantitative estimate of drug-likeness (QED) is 0.726. The predicted molar refractivity (Wildman–Crippen MR) is 53.4 cm³/mol. The van der Waals surface area contributed by atoms with E-state index in [1.165, 1.54) is 0 Å². The van der Waals surface area contributed by atoms with Gasteiger partial charge in [0.25, 0.3) is 0 Å². The maximum absolute atomic E-state index is 8.96. The van der Waals surface area contributed by atoms with E-state index in [9.17, 15) is 0 Å². The molecule has 1 aromatic rings. The summed E-state index contributed by atoms with van der Waals surface area (Å²) in [5.41, 5.74) is 0. The molecule has 0 aliphatic rings. The largest absolute Gasteiger partial charge is 0.481 e. The second kappa shape index (κ2) is 5.39. The molecule has 0 bridgehead atoms. The molecule has 1 rings (SSSR count). The smallest absolute Gasteiger partial charge is 0.226 e. The van der Waals surface area contributed by atoms with Gasteiger partial charge in [-0.25, -0.2) is 4.98 Å². The third kappa shape index (κ3) is 2.85. The number of anilines is 1. The number of hydrogen-bond acceptors (Lipinski definition) is 5. The molecule has 1 atom stereocenters. The summed E-state index contributed by atoms with van der Waals surface area (Å²) < 4.78 is 4.95. The van der Waals surface area contributed by atoms with E-state index in [4.69, 9.17) is 9.84 Å². The van der Waals surface area contributed by atoms with Crippen LogP contribution in [0, 0.1) is 0 Å². The Hall–Kier alpha value is -1.36. The summed E-state index contributed by atoms with van der Waals surface area (Å²) in [7, 11) is 1.55. The number of rotatable bonds is 5. The van der Waals surface area contributed by atoms with Crippen molar-refractivity contribution in [2.75, 3.05) is 19.0 Å². The van der Waals surface area contributed by atoms with Crippen LogP contribution < -0.4 is 10.1 Å². The van der Waals surface area contributed by atoms with Crippen molar-refractivity contribution < 1.29 is 9.84 Å². The molecule has 0 saturated carbocycles. The van der Waals surface area contributed by atoms with Gasteiger partial charge >= 0.3 is 0 Å². The van der Waals surface area contributed by atoms with Gasteiger partial charge in [0.15, 0.2) is 0 Å². The number of nitrogens with one attached hydrogen (secondary N) is 1. The summed E-state index contributed by atoms with van der Waals surface area (Å²) in [5, 5.41) is 12.0. The van der Waals surface area contributed by atoms with Crippen LogP contribution in [-0.2, 0) is 0 Å². The van der Waals surface area contributed by atoms with Crippen LogP contribution in [0.15, 0.2) is 12.3 Å². The molecule has 1 aromatic heterocycles. The molecule has 5 heteroatoms. The van der Waals surface area contributed by atoms with Crippen molar-refractivity contribution in [3.63, 3.8) is 0 Å². The molecule has 1 unspecified atom stereocenters. The van der Waals surface area contributed by atoms with E-state index < -0.39 is 0 Å². The normalized spacial score (nSPS) is 12.2. The zero-order valence-corrected chi connectivity index (χ0v) is 8.40. The Balaban J connectivity index is 2.65. The zero-order valence-electron chi connectivity index (χ0n) is 8.40. The summed E-state index contributed by atoms with van der Waals surface area (Å²) in [6.07, 6.45) is 2.43. The van der Waals surface area contributed by atoms with Gasteiger partial charge in [-0.3, -0.25) is 0 Å². The molecule has 78 valence electrons. The van der Waals surface area contributed by atoms with Gasteiger partial charge in [0.1, 0.15) is 0 Å². The molecule has 0 amide bonds. The van der Waals surface area contributed by atoms with Crippen LogP contribution in [0.2, 0.25) is 0 Å². The van der Waals surface area contributed by atoms with E-state index in [1.807, 2.05) is 6.92 Å². The highest BCUT2D eigenvalue weighted by molar-refractivity contribution is 5.28. The monoisotopic (exact) mass is 197 g/mol. The minimum Gasteiger partial charge on any atom is -0.481 e.